The fraction of sp³-hybridized carbons (Fsp3) is 0.364. The second kappa shape index (κ2) is 12.3. The number of nitrogens with zero attached hydrogens (tertiary/aromatic N) is 2. The Morgan fingerprint density at radius 2 is 1.88 bits per heavy atom. The van der Waals surface area contributed by atoms with Crippen molar-refractivity contribution in [1.29, 1.82) is 0 Å². The minimum Gasteiger partial charge on any atom is -0.490 e. The van der Waals surface area contributed by atoms with Crippen molar-refractivity contribution in [3.8, 4) is 11.5 Å². The molecule has 0 bridgehead atoms. The molecule has 2 rings (SSSR count). The smallest absolute Gasteiger partial charge is 0.311 e. The molecule has 2 aromatic carbocycles. The largest absolute Gasteiger partial charge is 0.490 e. The molecule has 178 valence electrons. The predicted octanol–water partition coefficient (Wildman–Crippen LogP) is 4.23. The molecule has 0 aliphatic carbocycles. The summed E-state index contributed by atoms with van der Waals surface area (Å²) in [7, 11) is 1.29. The summed E-state index contributed by atoms with van der Waals surface area (Å²) < 4.78 is 10.6. The summed E-state index contributed by atoms with van der Waals surface area (Å²) in [4.78, 5) is 37.5. The molecule has 0 aliphatic heterocycles. The lowest BCUT2D eigenvalue weighted by molar-refractivity contribution is -0.385. The van der Waals surface area contributed by atoms with Crippen LogP contribution < -0.4 is 14.8 Å². The van der Waals surface area contributed by atoms with E-state index >= 15 is 0 Å². The van der Waals surface area contributed by atoms with Gasteiger partial charge in [0.2, 0.25) is 11.7 Å². The number of carbonyl (C=O) groups is 2. The van der Waals surface area contributed by atoms with Gasteiger partial charge in [0.1, 0.15) is 11.8 Å². The Kier molecular flexibility index (Phi) is 9.74. The summed E-state index contributed by atoms with van der Waals surface area (Å²) in [5.41, 5.74) is 0.272. The first-order chi connectivity index (χ1) is 15.7. The molecule has 11 heteroatoms. The fourth-order valence-corrected chi connectivity index (χ4v) is 3.48. The molecule has 0 unspecified atom stereocenters. The fourth-order valence-electron chi connectivity index (χ4n) is 2.96. The lowest BCUT2D eigenvalue weighted by Crippen LogP contribution is -2.49. The molecule has 33 heavy (non-hydrogen) atoms. The molecule has 0 aliphatic rings. The van der Waals surface area contributed by atoms with Crippen LogP contribution in [0.5, 0.6) is 11.5 Å². The summed E-state index contributed by atoms with van der Waals surface area (Å²) in [5.74, 6) is -0.630. The van der Waals surface area contributed by atoms with E-state index in [9.17, 15) is 19.7 Å². The molecule has 0 heterocycles. The van der Waals surface area contributed by atoms with Crippen LogP contribution in [-0.2, 0) is 16.1 Å². The maximum Gasteiger partial charge on any atom is 0.311 e. The summed E-state index contributed by atoms with van der Waals surface area (Å²) in [6, 6.07) is 8.05. The van der Waals surface area contributed by atoms with Crippen molar-refractivity contribution in [2.75, 3.05) is 20.3 Å². The molecular weight excluding hydrogens is 473 g/mol. The van der Waals surface area contributed by atoms with Crippen molar-refractivity contribution in [1.82, 2.24) is 10.2 Å². The Balaban J connectivity index is 2.24. The number of halogens is 2. The van der Waals surface area contributed by atoms with E-state index in [1.54, 1.807) is 25.1 Å². The van der Waals surface area contributed by atoms with Gasteiger partial charge in [0.05, 0.1) is 12.0 Å². The highest BCUT2D eigenvalue weighted by Crippen LogP contribution is 2.31. The van der Waals surface area contributed by atoms with Gasteiger partial charge in [-0.1, -0.05) is 36.2 Å². The van der Waals surface area contributed by atoms with Crippen LogP contribution in [0.15, 0.2) is 36.4 Å². The van der Waals surface area contributed by atoms with Crippen LogP contribution in [0.25, 0.3) is 0 Å². The number of methoxy groups -OCH3 is 1. The van der Waals surface area contributed by atoms with Gasteiger partial charge >= 0.3 is 5.69 Å². The highest BCUT2D eigenvalue weighted by atomic mass is 35.5. The van der Waals surface area contributed by atoms with Gasteiger partial charge in [-0.15, -0.1) is 0 Å². The lowest BCUT2D eigenvalue weighted by atomic mass is 10.1. The minimum atomic E-state index is -0.827. The Bertz CT molecular complexity index is 997. The minimum absolute atomic E-state index is 0.00281. The van der Waals surface area contributed by atoms with Crippen molar-refractivity contribution in [3.63, 3.8) is 0 Å². The number of nitro groups is 1. The Labute approximate surface area is 201 Å². The van der Waals surface area contributed by atoms with E-state index in [0.717, 1.165) is 6.42 Å². The molecule has 0 saturated heterocycles. The average Bonchev–Trinajstić information content (AvgIpc) is 2.80. The average molecular weight is 498 g/mol. The zero-order chi connectivity index (χ0) is 24.5. The summed E-state index contributed by atoms with van der Waals surface area (Å²) in [5, 5.41) is 14.5. The van der Waals surface area contributed by atoms with E-state index in [1.165, 1.54) is 30.2 Å². The van der Waals surface area contributed by atoms with Crippen LogP contribution in [0.2, 0.25) is 10.0 Å². The number of carbonyl (C=O) groups excluding carboxylic acids is 2. The molecule has 0 spiro atoms. The second-order valence-electron chi connectivity index (χ2n) is 7.07. The number of nitro benzene ring substituents is 1. The van der Waals surface area contributed by atoms with E-state index in [2.05, 4.69) is 5.32 Å². The third-order valence-electron chi connectivity index (χ3n) is 4.82. The van der Waals surface area contributed by atoms with Crippen LogP contribution in [0.4, 0.5) is 5.69 Å². The Morgan fingerprint density at radius 1 is 1.21 bits per heavy atom. The monoisotopic (exact) mass is 497 g/mol. The molecule has 2 amide bonds. The van der Waals surface area contributed by atoms with Gasteiger partial charge in [0, 0.05) is 40.8 Å². The molecule has 9 nitrogen and oxygen atoms in total. The standard InChI is InChI=1S/C22H25Cl2N3O6/c1-4-10-25-22(29)14(2)26(12-16-17(23)6-5-7-18(16)24)21(28)13-33-15-8-9-19(27(30)31)20(11-15)32-3/h5-9,11,14H,4,10,12-13H2,1-3H3,(H,25,29)/t14-/m1/s1. The highest BCUT2D eigenvalue weighted by Gasteiger charge is 2.28. The molecule has 1 atom stereocenters. The van der Waals surface area contributed by atoms with Crippen molar-refractivity contribution < 1.29 is 24.0 Å². The molecule has 1 N–H and O–H groups in total. The first kappa shape index (κ1) is 26.2. The van der Waals surface area contributed by atoms with E-state index in [1.807, 2.05) is 6.92 Å². The van der Waals surface area contributed by atoms with Gasteiger partial charge < -0.3 is 19.7 Å². The number of hydrogen-bond donors (Lipinski definition) is 1. The topological polar surface area (TPSA) is 111 Å². The number of benzene rings is 2. The molecular formula is C22H25Cl2N3O6. The van der Waals surface area contributed by atoms with Crippen LogP contribution >= 0.6 is 23.2 Å². The van der Waals surface area contributed by atoms with Crippen LogP contribution in [0, 0.1) is 10.1 Å². The maximum atomic E-state index is 13.1. The van der Waals surface area contributed by atoms with Gasteiger partial charge in [-0.05, 0) is 31.5 Å². The first-order valence-corrected chi connectivity index (χ1v) is 10.9. The predicted molar refractivity (Wildman–Crippen MR) is 125 cm³/mol. The zero-order valence-electron chi connectivity index (χ0n) is 18.5. The summed E-state index contributed by atoms with van der Waals surface area (Å²) in [6.07, 6.45) is 0.744. The van der Waals surface area contributed by atoms with Crippen LogP contribution in [0.1, 0.15) is 25.8 Å². The van der Waals surface area contributed by atoms with E-state index in [0.29, 0.717) is 22.2 Å². The number of nitrogens with one attached hydrogen (secondary N) is 1. The van der Waals surface area contributed by atoms with Crippen molar-refractivity contribution in [3.05, 3.63) is 62.1 Å². The normalized spacial score (nSPS) is 11.4. The lowest BCUT2D eigenvalue weighted by Gasteiger charge is -2.29. The van der Waals surface area contributed by atoms with Gasteiger partial charge in [-0.25, -0.2) is 0 Å². The molecule has 0 saturated carbocycles. The van der Waals surface area contributed by atoms with E-state index < -0.39 is 23.5 Å². The van der Waals surface area contributed by atoms with E-state index in [-0.39, 0.29) is 29.6 Å². The molecule has 0 fully saturated rings. The summed E-state index contributed by atoms with van der Waals surface area (Å²) >= 11 is 12.5. The van der Waals surface area contributed by atoms with Crippen LogP contribution in [-0.4, -0.2) is 47.9 Å². The van der Waals surface area contributed by atoms with Crippen molar-refractivity contribution >= 4 is 40.7 Å². The zero-order valence-corrected chi connectivity index (χ0v) is 20.0. The second-order valence-corrected chi connectivity index (χ2v) is 7.88. The van der Waals surface area contributed by atoms with Gasteiger partial charge in [0.25, 0.3) is 5.91 Å². The van der Waals surface area contributed by atoms with Gasteiger partial charge in [0.15, 0.2) is 6.61 Å². The third kappa shape index (κ3) is 6.97. The van der Waals surface area contributed by atoms with Crippen molar-refractivity contribution in [2.24, 2.45) is 0 Å². The van der Waals surface area contributed by atoms with E-state index in [4.69, 9.17) is 32.7 Å². The van der Waals surface area contributed by atoms with Crippen LogP contribution in [0.3, 0.4) is 0 Å². The molecule has 0 aromatic heterocycles. The van der Waals surface area contributed by atoms with Gasteiger partial charge in [-0.3, -0.25) is 19.7 Å². The molecule has 2 aromatic rings. The Hall–Kier alpha value is -3.04. The summed E-state index contributed by atoms with van der Waals surface area (Å²) in [6.45, 7) is 3.56. The number of amides is 2. The maximum absolute atomic E-state index is 13.1. The Morgan fingerprint density at radius 3 is 2.45 bits per heavy atom. The van der Waals surface area contributed by atoms with Crippen molar-refractivity contribution in [2.45, 2.75) is 32.9 Å². The quantitative estimate of drug-likeness (QED) is 0.367. The SMILES string of the molecule is CCCNC(=O)[C@@H](C)N(Cc1c(Cl)cccc1Cl)C(=O)COc1ccc([N+](=O)[O-])c(OC)c1. The van der Waals surface area contributed by atoms with Gasteiger partial charge in [-0.2, -0.15) is 0 Å². The number of ether oxygens (including phenoxy) is 2. The third-order valence-corrected chi connectivity index (χ3v) is 5.53. The first-order valence-electron chi connectivity index (χ1n) is 10.1. The molecule has 0 radical (unpaired) electrons. The number of rotatable bonds is 11. The number of hydrogen-bond acceptors (Lipinski definition) is 6. The highest BCUT2D eigenvalue weighted by molar-refractivity contribution is 6.36.